The molecule has 25 heavy (non-hydrogen) atoms. The highest BCUT2D eigenvalue weighted by Gasteiger charge is 2.39. The maximum absolute atomic E-state index is 12.4. The van der Waals surface area contributed by atoms with Gasteiger partial charge in [-0.2, -0.15) is 5.10 Å². The minimum absolute atomic E-state index is 0.439. The highest BCUT2D eigenvalue weighted by molar-refractivity contribution is 7.90. The maximum Gasteiger partial charge on any atom is 0.573 e. The fourth-order valence-electron chi connectivity index (χ4n) is 2.46. The monoisotopic (exact) mass is 379 g/mol. The van der Waals surface area contributed by atoms with Crippen molar-refractivity contribution in [2.45, 2.75) is 44.0 Å². The lowest BCUT2D eigenvalue weighted by Crippen LogP contribution is -2.47. The molecule has 0 saturated heterocycles. The maximum atomic E-state index is 12.4. The van der Waals surface area contributed by atoms with Crippen LogP contribution in [0, 0.1) is 0 Å². The van der Waals surface area contributed by atoms with Crippen molar-refractivity contribution in [2.75, 3.05) is 0 Å². The quantitative estimate of drug-likeness (QED) is 0.875. The summed E-state index contributed by atoms with van der Waals surface area (Å²) in [4.78, 5) is 11.5. The molecule has 0 unspecified atom stereocenters. The first-order valence-corrected chi connectivity index (χ1v) is 8.56. The van der Waals surface area contributed by atoms with Crippen LogP contribution in [0.25, 0.3) is 0 Å². The second-order valence-electron chi connectivity index (χ2n) is 6.04. The van der Waals surface area contributed by atoms with Crippen LogP contribution in [0.5, 0.6) is 5.75 Å². The van der Waals surface area contributed by atoms with E-state index in [0.29, 0.717) is 12.1 Å². The average molecular weight is 379 g/mol. The number of carbonyl (C=O) groups excluding carboxylic acids is 1. The van der Waals surface area contributed by atoms with E-state index in [4.69, 9.17) is 0 Å². The first-order chi connectivity index (χ1) is 11.3. The molecule has 7 nitrogen and oxygen atoms in total. The molecule has 138 valence electrons. The van der Waals surface area contributed by atoms with Gasteiger partial charge in [-0.05, 0) is 32.9 Å². The van der Waals surface area contributed by atoms with Gasteiger partial charge < -0.3 is 4.74 Å². The zero-order valence-corrected chi connectivity index (χ0v) is 14.4. The number of nitrogens with zero attached hydrogens (tertiary/aromatic N) is 2. The number of urea groups is 1. The molecule has 0 radical (unpaired) electrons. The SMILES string of the molecule is CC1=NN(C(=O)NS(=O)(=O)c2ccccc2OC(F)(F)F)C(C)(C)C1. The van der Waals surface area contributed by atoms with E-state index in [0.717, 1.165) is 17.1 Å². The number of alkyl halides is 3. The summed E-state index contributed by atoms with van der Waals surface area (Å²) < 4.78 is 67.4. The van der Waals surface area contributed by atoms with Crippen LogP contribution in [0.15, 0.2) is 34.3 Å². The van der Waals surface area contributed by atoms with Crippen LogP contribution in [0.1, 0.15) is 27.2 Å². The van der Waals surface area contributed by atoms with Crippen LogP contribution < -0.4 is 9.46 Å². The predicted molar refractivity (Wildman–Crippen MR) is 82.5 cm³/mol. The van der Waals surface area contributed by atoms with Gasteiger partial charge in [-0.25, -0.2) is 22.9 Å². The molecule has 11 heteroatoms. The first kappa shape index (κ1) is 19.0. The molecule has 0 bridgehead atoms. The summed E-state index contributed by atoms with van der Waals surface area (Å²) in [5.74, 6) is -0.935. The summed E-state index contributed by atoms with van der Waals surface area (Å²) in [7, 11) is -4.60. The zero-order chi connectivity index (χ0) is 19.0. The second kappa shape index (κ2) is 6.21. The van der Waals surface area contributed by atoms with E-state index in [1.165, 1.54) is 12.1 Å². The standard InChI is InChI=1S/C14H16F3N3O4S/c1-9-8-13(2,3)20(18-9)12(21)19-25(22,23)11-7-5-4-6-10(11)24-14(15,16)17/h4-7H,8H2,1-3H3,(H,19,21). The van der Waals surface area contributed by atoms with E-state index in [2.05, 4.69) is 9.84 Å². The number of sulfonamides is 1. The van der Waals surface area contributed by atoms with Crippen LogP contribution in [0.4, 0.5) is 18.0 Å². The minimum Gasteiger partial charge on any atom is -0.404 e. The van der Waals surface area contributed by atoms with E-state index in [1.807, 2.05) is 0 Å². The molecule has 0 aliphatic carbocycles. The lowest BCUT2D eigenvalue weighted by atomic mass is 9.99. The highest BCUT2D eigenvalue weighted by atomic mass is 32.2. The largest absolute Gasteiger partial charge is 0.573 e. The van der Waals surface area contributed by atoms with Crippen LogP contribution in [-0.4, -0.2) is 37.1 Å². The molecule has 1 aromatic rings. The molecule has 1 heterocycles. The second-order valence-corrected chi connectivity index (χ2v) is 7.69. The molecule has 1 N–H and O–H groups in total. The molecule has 0 spiro atoms. The van der Waals surface area contributed by atoms with Gasteiger partial charge >= 0.3 is 12.4 Å². The number of para-hydroxylation sites is 1. The Bertz CT molecular complexity index is 819. The van der Waals surface area contributed by atoms with Crippen molar-refractivity contribution in [3.63, 3.8) is 0 Å². The van der Waals surface area contributed by atoms with Gasteiger partial charge in [0.25, 0.3) is 10.0 Å². The van der Waals surface area contributed by atoms with Gasteiger partial charge in [-0.1, -0.05) is 12.1 Å². The molecule has 2 amide bonds. The number of rotatable bonds is 3. The number of hydrogen-bond acceptors (Lipinski definition) is 5. The Morgan fingerprint density at radius 2 is 1.92 bits per heavy atom. The summed E-state index contributed by atoms with van der Waals surface area (Å²) in [6.07, 6.45) is -4.64. The number of halogens is 3. The Hall–Kier alpha value is -2.30. The molecule has 1 aliphatic heterocycles. The number of hydrogen-bond donors (Lipinski definition) is 1. The van der Waals surface area contributed by atoms with Crippen LogP contribution in [0.2, 0.25) is 0 Å². The summed E-state index contributed by atoms with van der Waals surface area (Å²) in [5.41, 5.74) is -0.135. The molecule has 0 atom stereocenters. The van der Waals surface area contributed by atoms with Gasteiger partial charge in [0.2, 0.25) is 0 Å². The molecular formula is C14H16F3N3O4S. The highest BCUT2D eigenvalue weighted by Crippen LogP contribution is 2.30. The van der Waals surface area contributed by atoms with E-state index >= 15 is 0 Å². The van der Waals surface area contributed by atoms with Crippen molar-refractivity contribution in [1.82, 2.24) is 9.73 Å². The molecular weight excluding hydrogens is 363 g/mol. The van der Waals surface area contributed by atoms with E-state index in [9.17, 15) is 26.4 Å². The molecule has 1 aromatic carbocycles. The number of ether oxygens (including phenoxy) is 1. The van der Waals surface area contributed by atoms with Crippen molar-refractivity contribution >= 4 is 21.8 Å². The lowest BCUT2D eigenvalue weighted by Gasteiger charge is -2.28. The molecule has 0 aromatic heterocycles. The minimum atomic E-state index is -5.08. The first-order valence-electron chi connectivity index (χ1n) is 7.08. The van der Waals surface area contributed by atoms with Crippen molar-refractivity contribution in [3.8, 4) is 5.75 Å². The number of carbonyl (C=O) groups is 1. The Kier molecular flexibility index (Phi) is 4.73. The lowest BCUT2D eigenvalue weighted by molar-refractivity contribution is -0.275. The van der Waals surface area contributed by atoms with Gasteiger partial charge in [-0.3, -0.25) is 0 Å². The fraction of sp³-hybridized carbons (Fsp3) is 0.429. The van der Waals surface area contributed by atoms with Crippen molar-refractivity contribution in [1.29, 1.82) is 0 Å². The van der Waals surface area contributed by atoms with Crippen LogP contribution >= 0.6 is 0 Å². The summed E-state index contributed by atoms with van der Waals surface area (Å²) in [6.45, 7) is 5.04. The van der Waals surface area contributed by atoms with Gasteiger partial charge in [0.1, 0.15) is 10.6 Å². The Labute approximate surface area is 142 Å². The zero-order valence-electron chi connectivity index (χ0n) is 13.6. The third-order valence-corrected chi connectivity index (χ3v) is 4.67. The molecule has 1 aliphatic rings. The van der Waals surface area contributed by atoms with Crippen molar-refractivity contribution in [3.05, 3.63) is 24.3 Å². The normalized spacial score (nSPS) is 17.2. The van der Waals surface area contributed by atoms with Gasteiger partial charge in [0.15, 0.2) is 0 Å². The van der Waals surface area contributed by atoms with Gasteiger partial charge in [0.05, 0.1) is 5.54 Å². The Morgan fingerprint density at radius 1 is 1.32 bits per heavy atom. The Morgan fingerprint density at radius 3 is 2.44 bits per heavy atom. The van der Waals surface area contributed by atoms with E-state index in [-0.39, 0.29) is 0 Å². The Balaban J connectivity index is 2.30. The molecule has 2 rings (SSSR count). The summed E-state index contributed by atoms with van der Waals surface area (Å²) >= 11 is 0. The predicted octanol–water partition coefficient (Wildman–Crippen LogP) is 2.84. The number of benzene rings is 1. The third-order valence-electron chi connectivity index (χ3n) is 3.31. The number of nitrogens with one attached hydrogen (secondary N) is 1. The summed E-state index contributed by atoms with van der Waals surface area (Å²) in [5, 5.41) is 4.91. The van der Waals surface area contributed by atoms with Gasteiger partial charge in [0, 0.05) is 12.1 Å². The topological polar surface area (TPSA) is 88.1 Å². The van der Waals surface area contributed by atoms with Crippen molar-refractivity contribution in [2.24, 2.45) is 5.10 Å². The average Bonchev–Trinajstić information content (AvgIpc) is 2.70. The number of hydrazone groups is 1. The van der Waals surface area contributed by atoms with E-state index in [1.54, 1.807) is 25.5 Å². The number of amides is 2. The van der Waals surface area contributed by atoms with Crippen LogP contribution in [-0.2, 0) is 10.0 Å². The van der Waals surface area contributed by atoms with Crippen LogP contribution in [0.3, 0.4) is 0 Å². The molecule has 0 saturated carbocycles. The molecule has 0 fully saturated rings. The van der Waals surface area contributed by atoms with Gasteiger partial charge in [-0.15, -0.1) is 13.2 Å². The van der Waals surface area contributed by atoms with E-state index < -0.39 is 38.6 Å². The third kappa shape index (κ3) is 4.41. The van der Waals surface area contributed by atoms with Crippen molar-refractivity contribution < 1.29 is 31.1 Å². The smallest absolute Gasteiger partial charge is 0.404 e. The fourth-order valence-corrected chi connectivity index (χ4v) is 3.52. The summed E-state index contributed by atoms with van der Waals surface area (Å²) in [6, 6.07) is 3.07.